The van der Waals surface area contributed by atoms with Crippen LogP contribution in [0.1, 0.15) is 31.4 Å². The van der Waals surface area contributed by atoms with Gasteiger partial charge >= 0.3 is 0 Å². The van der Waals surface area contributed by atoms with Gasteiger partial charge < -0.3 is 14.0 Å². The molecule has 0 bridgehead atoms. The van der Waals surface area contributed by atoms with Crippen LogP contribution >= 0.6 is 0 Å². The van der Waals surface area contributed by atoms with Gasteiger partial charge in [-0.1, -0.05) is 6.07 Å². The number of hydrogen-bond acceptors (Lipinski definition) is 5. The van der Waals surface area contributed by atoms with E-state index in [1.165, 1.54) is 5.69 Å². The van der Waals surface area contributed by atoms with Gasteiger partial charge in [0, 0.05) is 58.2 Å². The van der Waals surface area contributed by atoms with E-state index in [4.69, 9.17) is 9.47 Å². The molecule has 0 unspecified atom stereocenters. The quantitative estimate of drug-likeness (QED) is 0.835. The lowest BCUT2D eigenvalue weighted by atomic mass is 9.79. The second kappa shape index (κ2) is 6.77. The van der Waals surface area contributed by atoms with Crippen LogP contribution in [0.4, 0.5) is 0 Å². The van der Waals surface area contributed by atoms with Gasteiger partial charge in [-0.2, -0.15) is 0 Å². The van der Waals surface area contributed by atoms with Gasteiger partial charge in [0.1, 0.15) is 6.10 Å². The van der Waals surface area contributed by atoms with Crippen LogP contribution in [0.2, 0.25) is 0 Å². The standard InChI is InChI=1S/C19H26N4O2/c1-22-14-20-12-15(22)13-23-10-8-19(24-2)7-6-16(11-17(19)23)25-18-5-3-4-9-21-18/h3-5,9,12,14,16-17H,6-8,10-11,13H2,1-2H3/t16-,17-,19+/m0/s1. The van der Waals surface area contributed by atoms with Crippen molar-refractivity contribution in [1.29, 1.82) is 0 Å². The van der Waals surface area contributed by atoms with Crippen molar-refractivity contribution in [3.8, 4) is 5.88 Å². The van der Waals surface area contributed by atoms with E-state index in [-0.39, 0.29) is 11.7 Å². The third kappa shape index (κ3) is 3.16. The molecule has 2 aromatic heterocycles. The number of rotatable bonds is 5. The molecule has 0 radical (unpaired) electrons. The minimum Gasteiger partial charge on any atom is -0.474 e. The zero-order chi connectivity index (χ0) is 17.3. The van der Waals surface area contributed by atoms with E-state index in [1.54, 1.807) is 6.20 Å². The predicted molar refractivity (Wildman–Crippen MR) is 94.3 cm³/mol. The molecule has 1 aliphatic carbocycles. The lowest BCUT2D eigenvalue weighted by Gasteiger charge is -2.43. The number of hydrogen-bond donors (Lipinski definition) is 0. The highest BCUT2D eigenvalue weighted by Crippen LogP contribution is 2.43. The maximum absolute atomic E-state index is 6.15. The molecule has 2 fully saturated rings. The summed E-state index contributed by atoms with van der Waals surface area (Å²) < 4.78 is 14.3. The normalized spacial score (nSPS) is 29.5. The fourth-order valence-corrected chi connectivity index (χ4v) is 4.38. The third-order valence-corrected chi connectivity index (χ3v) is 5.86. The minimum atomic E-state index is -0.0391. The van der Waals surface area contributed by atoms with Crippen LogP contribution in [0.3, 0.4) is 0 Å². The number of pyridine rings is 1. The minimum absolute atomic E-state index is 0.0391. The Kier molecular flexibility index (Phi) is 4.48. The molecule has 1 saturated carbocycles. The summed E-state index contributed by atoms with van der Waals surface area (Å²) >= 11 is 0. The lowest BCUT2D eigenvalue weighted by molar-refractivity contribution is -0.0845. The molecule has 2 aliphatic rings. The Balaban J connectivity index is 1.49. The first-order valence-electron chi connectivity index (χ1n) is 9.02. The Morgan fingerprint density at radius 3 is 2.96 bits per heavy atom. The van der Waals surface area contributed by atoms with Gasteiger partial charge in [0.15, 0.2) is 0 Å². The molecule has 0 N–H and O–H groups in total. The van der Waals surface area contributed by atoms with Crippen molar-refractivity contribution in [2.45, 2.75) is 50.0 Å². The molecule has 2 aromatic rings. The Bertz CT molecular complexity index is 704. The van der Waals surface area contributed by atoms with Crippen molar-refractivity contribution in [2.75, 3.05) is 13.7 Å². The Morgan fingerprint density at radius 1 is 1.32 bits per heavy atom. The molecule has 6 nitrogen and oxygen atoms in total. The first kappa shape index (κ1) is 16.5. The molecule has 4 rings (SSSR count). The number of ether oxygens (including phenoxy) is 2. The summed E-state index contributed by atoms with van der Waals surface area (Å²) in [5.41, 5.74) is 1.20. The number of likely N-dealkylation sites (tertiary alicyclic amines) is 1. The van der Waals surface area contributed by atoms with Gasteiger partial charge in [-0.15, -0.1) is 0 Å². The zero-order valence-electron chi connectivity index (χ0n) is 15.0. The van der Waals surface area contributed by atoms with E-state index in [0.29, 0.717) is 11.9 Å². The Morgan fingerprint density at radius 2 is 2.24 bits per heavy atom. The Hall–Kier alpha value is -1.92. The molecule has 1 saturated heterocycles. The molecular formula is C19H26N4O2. The molecule has 6 heteroatoms. The van der Waals surface area contributed by atoms with Gasteiger partial charge in [-0.05, 0) is 25.3 Å². The van der Waals surface area contributed by atoms with Gasteiger partial charge in [0.25, 0.3) is 0 Å². The first-order chi connectivity index (χ1) is 12.2. The second-order valence-electron chi connectivity index (χ2n) is 7.18. The van der Waals surface area contributed by atoms with E-state index >= 15 is 0 Å². The average Bonchev–Trinajstić information content (AvgIpc) is 3.21. The van der Waals surface area contributed by atoms with E-state index in [0.717, 1.165) is 38.8 Å². The van der Waals surface area contributed by atoms with Gasteiger partial charge in [0.2, 0.25) is 5.88 Å². The van der Waals surface area contributed by atoms with E-state index in [1.807, 2.05) is 37.8 Å². The van der Waals surface area contributed by atoms with E-state index in [9.17, 15) is 0 Å². The van der Waals surface area contributed by atoms with Gasteiger partial charge in [0.05, 0.1) is 17.6 Å². The van der Waals surface area contributed by atoms with E-state index < -0.39 is 0 Å². The smallest absolute Gasteiger partial charge is 0.213 e. The molecule has 25 heavy (non-hydrogen) atoms. The van der Waals surface area contributed by atoms with Crippen molar-refractivity contribution >= 4 is 0 Å². The number of aromatic nitrogens is 3. The molecule has 1 aliphatic heterocycles. The predicted octanol–water partition coefficient (Wildman–Crippen LogP) is 2.41. The number of nitrogens with zero attached hydrogens (tertiary/aromatic N) is 4. The van der Waals surface area contributed by atoms with Crippen molar-refractivity contribution in [2.24, 2.45) is 7.05 Å². The van der Waals surface area contributed by atoms with Crippen LogP contribution in [0.5, 0.6) is 5.88 Å². The highest BCUT2D eigenvalue weighted by molar-refractivity contribution is 5.12. The van der Waals surface area contributed by atoms with Crippen molar-refractivity contribution in [3.63, 3.8) is 0 Å². The summed E-state index contributed by atoms with van der Waals surface area (Å²) in [7, 11) is 3.91. The Labute approximate surface area is 148 Å². The molecule has 134 valence electrons. The van der Waals surface area contributed by atoms with Crippen LogP contribution in [0, 0.1) is 0 Å². The number of imidazole rings is 1. The average molecular weight is 342 g/mol. The molecule has 3 atom stereocenters. The van der Waals surface area contributed by atoms with Crippen LogP contribution in [-0.4, -0.2) is 50.8 Å². The highest BCUT2D eigenvalue weighted by atomic mass is 16.5. The van der Waals surface area contributed by atoms with Crippen LogP contribution in [0.25, 0.3) is 0 Å². The fraction of sp³-hybridized carbons (Fsp3) is 0.579. The zero-order valence-corrected chi connectivity index (χ0v) is 15.0. The molecule has 0 spiro atoms. The lowest BCUT2D eigenvalue weighted by Crippen LogP contribution is -2.52. The van der Waals surface area contributed by atoms with Crippen LogP contribution in [-0.2, 0) is 18.3 Å². The van der Waals surface area contributed by atoms with Crippen molar-refractivity contribution in [1.82, 2.24) is 19.4 Å². The summed E-state index contributed by atoms with van der Waals surface area (Å²) in [4.78, 5) is 11.1. The second-order valence-corrected chi connectivity index (χ2v) is 7.18. The van der Waals surface area contributed by atoms with Crippen molar-refractivity contribution < 1.29 is 9.47 Å². The summed E-state index contributed by atoms with van der Waals surface area (Å²) in [6, 6.07) is 6.18. The molecule has 3 heterocycles. The number of fused-ring (bicyclic) bond motifs is 1. The monoisotopic (exact) mass is 342 g/mol. The van der Waals surface area contributed by atoms with Gasteiger partial charge in [-0.25, -0.2) is 9.97 Å². The van der Waals surface area contributed by atoms with Gasteiger partial charge in [-0.3, -0.25) is 4.90 Å². The summed E-state index contributed by atoms with van der Waals surface area (Å²) in [5, 5.41) is 0. The summed E-state index contributed by atoms with van der Waals surface area (Å²) in [6.07, 6.45) is 9.90. The SMILES string of the molecule is CO[C@@]12CC[C@H](Oc3ccccn3)C[C@@H]1N(Cc1cncn1C)CC2. The highest BCUT2D eigenvalue weighted by Gasteiger charge is 2.51. The maximum atomic E-state index is 6.15. The molecular weight excluding hydrogens is 316 g/mol. The van der Waals surface area contributed by atoms with Crippen LogP contribution in [0.15, 0.2) is 36.9 Å². The topological polar surface area (TPSA) is 52.4 Å². The molecule has 0 aromatic carbocycles. The van der Waals surface area contributed by atoms with Crippen molar-refractivity contribution in [3.05, 3.63) is 42.6 Å². The first-order valence-corrected chi connectivity index (χ1v) is 9.02. The maximum Gasteiger partial charge on any atom is 0.213 e. The third-order valence-electron chi connectivity index (χ3n) is 5.86. The summed E-state index contributed by atoms with van der Waals surface area (Å²) in [6.45, 7) is 1.96. The van der Waals surface area contributed by atoms with E-state index in [2.05, 4.69) is 26.5 Å². The summed E-state index contributed by atoms with van der Waals surface area (Å²) in [5.74, 6) is 0.716. The number of aryl methyl sites for hydroxylation is 1. The largest absolute Gasteiger partial charge is 0.474 e. The number of methoxy groups -OCH3 is 1. The fourth-order valence-electron chi connectivity index (χ4n) is 4.38. The molecule has 0 amide bonds. The van der Waals surface area contributed by atoms with Crippen LogP contribution < -0.4 is 4.74 Å².